The Balaban J connectivity index is 2.05. The average Bonchev–Trinajstić information content (AvgIpc) is 2.96. The van der Waals surface area contributed by atoms with Gasteiger partial charge in [0.2, 0.25) is 0 Å². The Hall–Kier alpha value is -1.74. The molecule has 0 amide bonds. The number of para-hydroxylation sites is 1. The standard InChI is InChI=1S/C17H23NO2/c1-4-13-10-11-14(20-13)12-18-16(5-2)15-8-6-7-9-17(15)19-3/h6-11,16,18H,4-5,12H2,1-3H3. The van der Waals surface area contributed by atoms with Gasteiger partial charge in [-0.05, 0) is 24.6 Å². The fourth-order valence-corrected chi connectivity index (χ4v) is 2.36. The third-order valence-electron chi connectivity index (χ3n) is 3.51. The maximum absolute atomic E-state index is 5.73. The molecule has 0 fully saturated rings. The first-order valence-corrected chi connectivity index (χ1v) is 7.22. The lowest BCUT2D eigenvalue weighted by Crippen LogP contribution is -2.20. The van der Waals surface area contributed by atoms with Crippen LogP contribution in [0.3, 0.4) is 0 Å². The molecule has 1 atom stereocenters. The van der Waals surface area contributed by atoms with Crippen LogP contribution in [0.2, 0.25) is 0 Å². The van der Waals surface area contributed by atoms with Crippen molar-refractivity contribution in [3.63, 3.8) is 0 Å². The van der Waals surface area contributed by atoms with Crippen molar-refractivity contribution in [2.24, 2.45) is 0 Å². The fourth-order valence-electron chi connectivity index (χ4n) is 2.36. The summed E-state index contributed by atoms with van der Waals surface area (Å²) in [4.78, 5) is 0. The van der Waals surface area contributed by atoms with E-state index >= 15 is 0 Å². The number of benzene rings is 1. The third kappa shape index (κ3) is 3.42. The largest absolute Gasteiger partial charge is 0.496 e. The molecule has 0 spiro atoms. The summed E-state index contributed by atoms with van der Waals surface area (Å²) in [5.74, 6) is 2.95. The van der Waals surface area contributed by atoms with Crippen LogP contribution in [-0.2, 0) is 13.0 Å². The summed E-state index contributed by atoms with van der Waals surface area (Å²) in [6, 6.07) is 12.5. The van der Waals surface area contributed by atoms with Crippen molar-refractivity contribution in [1.82, 2.24) is 5.32 Å². The normalized spacial score (nSPS) is 12.3. The molecule has 1 aromatic carbocycles. The van der Waals surface area contributed by atoms with E-state index in [-0.39, 0.29) is 6.04 Å². The van der Waals surface area contributed by atoms with Crippen LogP contribution in [0.1, 0.15) is 43.4 Å². The molecular formula is C17H23NO2. The number of rotatable bonds is 7. The van der Waals surface area contributed by atoms with Crippen molar-refractivity contribution >= 4 is 0 Å². The molecule has 0 aliphatic carbocycles. The molecule has 1 aromatic heterocycles. The predicted octanol–water partition coefficient (Wildman–Crippen LogP) is 4.09. The van der Waals surface area contributed by atoms with Gasteiger partial charge in [-0.2, -0.15) is 0 Å². The second kappa shape index (κ2) is 7.15. The molecule has 1 N–H and O–H groups in total. The van der Waals surface area contributed by atoms with Crippen LogP contribution in [0, 0.1) is 0 Å². The van der Waals surface area contributed by atoms with Crippen LogP contribution in [0.15, 0.2) is 40.8 Å². The average molecular weight is 273 g/mol. The second-order valence-corrected chi connectivity index (χ2v) is 4.81. The van der Waals surface area contributed by atoms with E-state index in [1.54, 1.807) is 7.11 Å². The molecule has 2 aromatic rings. The first kappa shape index (κ1) is 14.7. The minimum absolute atomic E-state index is 0.265. The Morgan fingerprint density at radius 2 is 1.85 bits per heavy atom. The number of ether oxygens (including phenoxy) is 1. The molecule has 2 rings (SSSR count). The van der Waals surface area contributed by atoms with E-state index in [2.05, 4.69) is 25.2 Å². The van der Waals surface area contributed by atoms with Gasteiger partial charge < -0.3 is 14.5 Å². The van der Waals surface area contributed by atoms with Crippen molar-refractivity contribution < 1.29 is 9.15 Å². The summed E-state index contributed by atoms with van der Waals surface area (Å²) < 4.78 is 11.2. The van der Waals surface area contributed by atoms with Gasteiger partial charge in [0.1, 0.15) is 17.3 Å². The molecule has 3 nitrogen and oxygen atoms in total. The molecule has 20 heavy (non-hydrogen) atoms. The van der Waals surface area contributed by atoms with Crippen LogP contribution >= 0.6 is 0 Å². The SMILES string of the molecule is CCc1ccc(CNC(CC)c2ccccc2OC)o1. The first-order chi connectivity index (χ1) is 9.78. The van der Waals surface area contributed by atoms with Gasteiger partial charge in [0.25, 0.3) is 0 Å². The van der Waals surface area contributed by atoms with Gasteiger partial charge in [-0.25, -0.2) is 0 Å². The van der Waals surface area contributed by atoms with E-state index in [1.165, 1.54) is 5.56 Å². The molecule has 0 aliphatic rings. The van der Waals surface area contributed by atoms with Crippen molar-refractivity contribution in [3.8, 4) is 5.75 Å². The Labute approximate surface area is 121 Å². The highest BCUT2D eigenvalue weighted by atomic mass is 16.5. The maximum Gasteiger partial charge on any atom is 0.123 e. The zero-order valence-electron chi connectivity index (χ0n) is 12.5. The number of hydrogen-bond donors (Lipinski definition) is 1. The zero-order chi connectivity index (χ0) is 14.4. The van der Waals surface area contributed by atoms with Gasteiger partial charge in [0.05, 0.1) is 13.7 Å². The molecule has 0 bridgehead atoms. The van der Waals surface area contributed by atoms with Gasteiger partial charge in [0.15, 0.2) is 0 Å². The molecule has 1 heterocycles. The van der Waals surface area contributed by atoms with Crippen LogP contribution in [0.5, 0.6) is 5.75 Å². The van der Waals surface area contributed by atoms with Gasteiger partial charge in [-0.1, -0.05) is 32.0 Å². The quantitative estimate of drug-likeness (QED) is 0.825. The second-order valence-electron chi connectivity index (χ2n) is 4.81. The van der Waals surface area contributed by atoms with E-state index < -0.39 is 0 Å². The van der Waals surface area contributed by atoms with Crippen LogP contribution in [0.4, 0.5) is 0 Å². The molecule has 1 unspecified atom stereocenters. The highest BCUT2D eigenvalue weighted by molar-refractivity contribution is 5.35. The third-order valence-corrected chi connectivity index (χ3v) is 3.51. The summed E-state index contributed by atoms with van der Waals surface area (Å²) in [5.41, 5.74) is 1.19. The first-order valence-electron chi connectivity index (χ1n) is 7.22. The number of methoxy groups -OCH3 is 1. The van der Waals surface area contributed by atoms with Crippen molar-refractivity contribution in [1.29, 1.82) is 0 Å². The number of hydrogen-bond acceptors (Lipinski definition) is 3. The minimum Gasteiger partial charge on any atom is -0.496 e. The van der Waals surface area contributed by atoms with Gasteiger partial charge in [-0.3, -0.25) is 0 Å². The van der Waals surface area contributed by atoms with Gasteiger partial charge >= 0.3 is 0 Å². The smallest absolute Gasteiger partial charge is 0.123 e. The summed E-state index contributed by atoms with van der Waals surface area (Å²) in [7, 11) is 1.71. The van der Waals surface area contributed by atoms with Crippen LogP contribution < -0.4 is 10.1 Å². The fraction of sp³-hybridized carbons (Fsp3) is 0.412. The Bertz CT molecular complexity index is 533. The lowest BCUT2D eigenvalue weighted by molar-refractivity contribution is 0.388. The van der Waals surface area contributed by atoms with Crippen LogP contribution in [-0.4, -0.2) is 7.11 Å². The highest BCUT2D eigenvalue weighted by Gasteiger charge is 2.14. The Morgan fingerprint density at radius 1 is 1.10 bits per heavy atom. The Morgan fingerprint density at radius 3 is 2.50 bits per heavy atom. The van der Waals surface area contributed by atoms with Gasteiger partial charge in [-0.15, -0.1) is 0 Å². The molecule has 3 heteroatoms. The van der Waals surface area contributed by atoms with E-state index in [4.69, 9.17) is 9.15 Å². The van der Waals surface area contributed by atoms with Gasteiger partial charge in [0, 0.05) is 18.0 Å². The molecular weight excluding hydrogens is 250 g/mol. The molecule has 0 saturated heterocycles. The van der Waals surface area contributed by atoms with E-state index in [0.29, 0.717) is 0 Å². The highest BCUT2D eigenvalue weighted by Crippen LogP contribution is 2.27. The zero-order valence-corrected chi connectivity index (χ0v) is 12.5. The summed E-state index contributed by atoms with van der Waals surface area (Å²) in [6.45, 7) is 5.00. The molecule has 0 radical (unpaired) electrons. The molecule has 0 aliphatic heterocycles. The Kier molecular flexibility index (Phi) is 5.24. The van der Waals surface area contributed by atoms with Crippen molar-refractivity contribution in [2.75, 3.05) is 7.11 Å². The van der Waals surface area contributed by atoms with E-state index in [1.807, 2.05) is 30.3 Å². The van der Waals surface area contributed by atoms with Crippen molar-refractivity contribution in [2.45, 2.75) is 39.3 Å². The lowest BCUT2D eigenvalue weighted by atomic mass is 10.0. The van der Waals surface area contributed by atoms with E-state index in [0.717, 1.165) is 36.7 Å². The predicted molar refractivity (Wildman–Crippen MR) is 81.0 cm³/mol. The topological polar surface area (TPSA) is 34.4 Å². The summed E-state index contributed by atoms with van der Waals surface area (Å²) in [5, 5.41) is 3.54. The number of aryl methyl sites for hydroxylation is 1. The minimum atomic E-state index is 0.265. The van der Waals surface area contributed by atoms with E-state index in [9.17, 15) is 0 Å². The van der Waals surface area contributed by atoms with Crippen molar-refractivity contribution in [3.05, 3.63) is 53.5 Å². The van der Waals surface area contributed by atoms with Crippen LogP contribution in [0.25, 0.3) is 0 Å². The maximum atomic E-state index is 5.73. The number of furan rings is 1. The lowest BCUT2D eigenvalue weighted by Gasteiger charge is -2.19. The summed E-state index contributed by atoms with van der Waals surface area (Å²) in [6.07, 6.45) is 1.94. The summed E-state index contributed by atoms with van der Waals surface area (Å²) >= 11 is 0. The molecule has 108 valence electrons. The number of nitrogens with one attached hydrogen (secondary N) is 1. The monoisotopic (exact) mass is 273 g/mol. The molecule has 0 saturated carbocycles.